The van der Waals surface area contributed by atoms with Crippen molar-refractivity contribution in [2.75, 3.05) is 26.2 Å². The van der Waals surface area contributed by atoms with E-state index in [2.05, 4.69) is 9.88 Å². The normalized spacial score (nSPS) is 17.0. The zero-order chi connectivity index (χ0) is 11.9. The Morgan fingerprint density at radius 2 is 2.12 bits per heavy atom. The van der Waals surface area contributed by atoms with Crippen LogP contribution in [0.15, 0.2) is 18.5 Å². The van der Waals surface area contributed by atoms with Crippen molar-refractivity contribution >= 4 is 0 Å². The lowest BCUT2D eigenvalue weighted by atomic mass is 10.1. The summed E-state index contributed by atoms with van der Waals surface area (Å²) in [6.07, 6.45) is 7.30. The molecular weight excluding hydrogens is 216 g/mol. The van der Waals surface area contributed by atoms with Gasteiger partial charge in [0.2, 0.25) is 0 Å². The molecule has 0 unspecified atom stereocenters. The fraction of sp³-hybridized carbons (Fsp3) is 0.615. The van der Waals surface area contributed by atoms with Gasteiger partial charge in [0.1, 0.15) is 12.4 Å². The lowest BCUT2D eigenvalue weighted by molar-refractivity contribution is 0.180. The van der Waals surface area contributed by atoms with Crippen LogP contribution in [0.1, 0.15) is 24.8 Å². The maximum Gasteiger partial charge on any atom is 0.127 e. The van der Waals surface area contributed by atoms with Gasteiger partial charge in [0.15, 0.2) is 0 Å². The van der Waals surface area contributed by atoms with Gasteiger partial charge in [-0.3, -0.25) is 9.88 Å². The van der Waals surface area contributed by atoms with Gasteiger partial charge in [-0.25, -0.2) is 0 Å². The molecule has 94 valence electrons. The van der Waals surface area contributed by atoms with Crippen LogP contribution in [0.25, 0.3) is 0 Å². The van der Waals surface area contributed by atoms with Gasteiger partial charge in [0, 0.05) is 24.5 Å². The molecule has 1 aliphatic heterocycles. The molecule has 2 rings (SSSR count). The van der Waals surface area contributed by atoms with Gasteiger partial charge < -0.3 is 9.84 Å². The first kappa shape index (κ1) is 12.3. The van der Waals surface area contributed by atoms with Crippen LogP contribution in [0, 0.1) is 0 Å². The predicted octanol–water partition coefficient (Wildman–Crippen LogP) is 1.44. The highest BCUT2D eigenvalue weighted by molar-refractivity contribution is 5.29. The standard InChI is InChI=1S/C13H20N2O2/c16-11-12-10-14-5-4-13(12)17-9-8-15-6-2-1-3-7-15/h4-5,10,16H,1-3,6-9,11H2. The van der Waals surface area contributed by atoms with Gasteiger partial charge in [0.25, 0.3) is 0 Å². The Bertz CT molecular complexity index is 338. The van der Waals surface area contributed by atoms with E-state index in [1.54, 1.807) is 12.4 Å². The molecule has 0 spiro atoms. The van der Waals surface area contributed by atoms with Crippen molar-refractivity contribution in [2.24, 2.45) is 0 Å². The lowest BCUT2D eigenvalue weighted by Crippen LogP contribution is -2.33. The van der Waals surface area contributed by atoms with E-state index in [4.69, 9.17) is 9.84 Å². The molecule has 0 aromatic carbocycles. The largest absolute Gasteiger partial charge is 0.492 e. The molecule has 1 aromatic heterocycles. The van der Waals surface area contributed by atoms with E-state index in [-0.39, 0.29) is 6.61 Å². The van der Waals surface area contributed by atoms with Crippen molar-refractivity contribution < 1.29 is 9.84 Å². The fourth-order valence-electron chi connectivity index (χ4n) is 2.14. The summed E-state index contributed by atoms with van der Waals surface area (Å²) in [4.78, 5) is 6.40. The average molecular weight is 236 g/mol. The fourth-order valence-corrected chi connectivity index (χ4v) is 2.14. The van der Waals surface area contributed by atoms with Crippen LogP contribution >= 0.6 is 0 Å². The number of piperidine rings is 1. The molecular formula is C13H20N2O2. The number of aliphatic hydroxyl groups excluding tert-OH is 1. The molecule has 1 fully saturated rings. The molecule has 0 amide bonds. The Morgan fingerprint density at radius 3 is 2.88 bits per heavy atom. The maximum absolute atomic E-state index is 9.14. The van der Waals surface area contributed by atoms with Gasteiger partial charge in [0.05, 0.1) is 6.61 Å². The third-order valence-electron chi connectivity index (χ3n) is 3.14. The molecule has 4 nitrogen and oxygen atoms in total. The van der Waals surface area contributed by atoms with Crippen molar-refractivity contribution in [2.45, 2.75) is 25.9 Å². The second-order valence-electron chi connectivity index (χ2n) is 4.39. The Labute approximate surface area is 102 Å². The summed E-state index contributed by atoms with van der Waals surface area (Å²) in [7, 11) is 0. The smallest absolute Gasteiger partial charge is 0.127 e. The Balaban J connectivity index is 1.77. The van der Waals surface area contributed by atoms with Crippen molar-refractivity contribution in [1.82, 2.24) is 9.88 Å². The highest BCUT2D eigenvalue weighted by Gasteiger charge is 2.10. The van der Waals surface area contributed by atoms with Gasteiger partial charge >= 0.3 is 0 Å². The number of ether oxygens (including phenoxy) is 1. The molecule has 2 heterocycles. The van der Waals surface area contributed by atoms with E-state index in [0.717, 1.165) is 17.9 Å². The zero-order valence-electron chi connectivity index (χ0n) is 10.1. The lowest BCUT2D eigenvalue weighted by Gasteiger charge is -2.26. The summed E-state index contributed by atoms with van der Waals surface area (Å²) in [5, 5.41) is 9.14. The SMILES string of the molecule is OCc1cnccc1OCCN1CCCCC1. The highest BCUT2D eigenvalue weighted by Crippen LogP contribution is 2.16. The average Bonchev–Trinajstić information content (AvgIpc) is 2.40. The second-order valence-corrected chi connectivity index (χ2v) is 4.39. The molecule has 0 aliphatic carbocycles. The molecule has 1 N–H and O–H groups in total. The third kappa shape index (κ3) is 3.68. The second kappa shape index (κ2) is 6.57. The van der Waals surface area contributed by atoms with Gasteiger partial charge in [-0.15, -0.1) is 0 Å². The Kier molecular flexibility index (Phi) is 4.76. The van der Waals surface area contributed by atoms with E-state index in [0.29, 0.717) is 6.61 Å². The van der Waals surface area contributed by atoms with Crippen molar-refractivity contribution in [3.05, 3.63) is 24.0 Å². The minimum absolute atomic E-state index is 0.0209. The number of likely N-dealkylation sites (tertiary alicyclic amines) is 1. The molecule has 0 radical (unpaired) electrons. The van der Waals surface area contributed by atoms with Gasteiger partial charge in [-0.1, -0.05) is 6.42 Å². The van der Waals surface area contributed by atoms with Crippen molar-refractivity contribution in [3.8, 4) is 5.75 Å². The maximum atomic E-state index is 9.14. The Morgan fingerprint density at radius 1 is 1.29 bits per heavy atom. The van der Waals surface area contributed by atoms with Crippen LogP contribution in [0.4, 0.5) is 0 Å². The van der Waals surface area contributed by atoms with Crippen LogP contribution in [-0.4, -0.2) is 41.2 Å². The zero-order valence-corrected chi connectivity index (χ0v) is 10.1. The molecule has 1 aromatic rings. The Hall–Kier alpha value is -1.13. The minimum Gasteiger partial charge on any atom is -0.492 e. The highest BCUT2D eigenvalue weighted by atomic mass is 16.5. The van der Waals surface area contributed by atoms with Gasteiger partial charge in [-0.2, -0.15) is 0 Å². The first-order valence-corrected chi connectivity index (χ1v) is 6.29. The molecule has 0 bridgehead atoms. The molecule has 0 saturated carbocycles. The van der Waals surface area contributed by atoms with Crippen LogP contribution in [0.2, 0.25) is 0 Å². The van der Waals surface area contributed by atoms with Crippen molar-refractivity contribution in [1.29, 1.82) is 0 Å². The van der Waals surface area contributed by atoms with E-state index < -0.39 is 0 Å². The van der Waals surface area contributed by atoms with E-state index >= 15 is 0 Å². The summed E-state index contributed by atoms with van der Waals surface area (Å²) in [6.45, 7) is 4.00. The van der Waals surface area contributed by atoms with Crippen LogP contribution in [0.3, 0.4) is 0 Å². The molecule has 0 atom stereocenters. The summed E-state index contributed by atoms with van der Waals surface area (Å²) in [6, 6.07) is 1.81. The number of aliphatic hydroxyl groups is 1. The summed E-state index contributed by atoms with van der Waals surface area (Å²) in [5.41, 5.74) is 0.756. The molecule has 17 heavy (non-hydrogen) atoms. The summed E-state index contributed by atoms with van der Waals surface area (Å²) < 4.78 is 5.69. The molecule has 1 aliphatic rings. The first-order chi connectivity index (χ1) is 8.40. The van der Waals surface area contributed by atoms with E-state index in [1.165, 1.54) is 32.4 Å². The first-order valence-electron chi connectivity index (χ1n) is 6.29. The van der Waals surface area contributed by atoms with Crippen molar-refractivity contribution in [3.63, 3.8) is 0 Å². The number of nitrogens with zero attached hydrogens (tertiary/aromatic N) is 2. The molecule has 1 saturated heterocycles. The van der Waals surface area contributed by atoms with Crippen LogP contribution in [-0.2, 0) is 6.61 Å². The predicted molar refractivity (Wildman–Crippen MR) is 65.9 cm³/mol. The summed E-state index contributed by atoms with van der Waals surface area (Å²) in [5.74, 6) is 0.750. The number of pyridine rings is 1. The van der Waals surface area contributed by atoms with E-state index in [1.807, 2.05) is 6.07 Å². The monoisotopic (exact) mass is 236 g/mol. The van der Waals surface area contributed by atoms with Crippen LogP contribution in [0.5, 0.6) is 5.75 Å². The number of rotatable bonds is 5. The summed E-state index contributed by atoms with van der Waals surface area (Å²) >= 11 is 0. The van der Waals surface area contributed by atoms with E-state index in [9.17, 15) is 0 Å². The van der Waals surface area contributed by atoms with Crippen LogP contribution < -0.4 is 4.74 Å². The number of aromatic nitrogens is 1. The number of hydrogen-bond donors (Lipinski definition) is 1. The topological polar surface area (TPSA) is 45.6 Å². The third-order valence-corrected chi connectivity index (χ3v) is 3.14. The number of hydrogen-bond acceptors (Lipinski definition) is 4. The minimum atomic E-state index is -0.0209. The van der Waals surface area contributed by atoms with Gasteiger partial charge in [-0.05, 0) is 32.0 Å². The molecule has 4 heteroatoms. The quantitative estimate of drug-likeness (QED) is 0.840.